The maximum atomic E-state index is 5.19. The normalized spacial score (nSPS) is 11.4. The Hall–Kier alpha value is -8.22. The van der Waals surface area contributed by atoms with E-state index in [-0.39, 0.29) is 0 Å². The average molecular weight is 781 g/mol. The van der Waals surface area contributed by atoms with Gasteiger partial charge in [0, 0.05) is 56.5 Å². The van der Waals surface area contributed by atoms with Gasteiger partial charge in [-0.1, -0.05) is 164 Å². The van der Waals surface area contributed by atoms with Crippen LogP contribution in [0.15, 0.2) is 200 Å². The lowest BCUT2D eigenvalue weighted by Crippen LogP contribution is -2.00. The molecule has 0 bridgehead atoms. The zero-order valence-electron chi connectivity index (χ0n) is 33.2. The summed E-state index contributed by atoms with van der Waals surface area (Å²) < 4.78 is 0. The van der Waals surface area contributed by atoms with E-state index in [1.54, 1.807) is 0 Å². The molecule has 0 N–H and O–H groups in total. The summed E-state index contributed by atoms with van der Waals surface area (Å²) in [7, 11) is 0. The first-order chi connectivity index (χ1) is 30.1. The van der Waals surface area contributed by atoms with E-state index in [2.05, 4.69) is 151 Å². The van der Waals surface area contributed by atoms with Crippen molar-refractivity contribution < 1.29 is 0 Å². The molecule has 0 saturated heterocycles. The molecule has 6 heteroatoms. The number of rotatable bonds is 7. The van der Waals surface area contributed by atoms with Gasteiger partial charge in [0.05, 0.1) is 16.7 Å². The highest BCUT2D eigenvalue weighted by Crippen LogP contribution is 2.37. The Balaban J connectivity index is 0.949. The summed E-state index contributed by atoms with van der Waals surface area (Å²) in [5, 5.41) is 4.40. The van der Waals surface area contributed by atoms with Gasteiger partial charge < -0.3 is 0 Å². The van der Waals surface area contributed by atoms with Crippen LogP contribution in [0.2, 0.25) is 0 Å². The molecule has 4 aromatic heterocycles. The van der Waals surface area contributed by atoms with Crippen LogP contribution in [0, 0.1) is 6.92 Å². The highest BCUT2D eigenvalue weighted by molar-refractivity contribution is 6.09. The van der Waals surface area contributed by atoms with E-state index in [0.717, 1.165) is 99.6 Å². The first kappa shape index (κ1) is 35.9. The number of hydrogen-bond acceptors (Lipinski definition) is 6. The van der Waals surface area contributed by atoms with E-state index in [0.29, 0.717) is 17.5 Å². The first-order valence-corrected chi connectivity index (χ1v) is 20.3. The Bertz CT molecular complexity index is 3400. The molecule has 286 valence electrons. The molecule has 0 aliphatic carbocycles. The number of aryl methyl sites for hydroxylation is 1. The van der Waals surface area contributed by atoms with Crippen LogP contribution in [0.25, 0.3) is 111 Å². The largest absolute Gasteiger partial charge is 0.264 e. The summed E-state index contributed by atoms with van der Waals surface area (Å²) in [6, 6.07) is 65.2. The van der Waals surface area contributed by atoms with E-state index < -0.39 is 0 Å². The third-order valence-electron chi connectivity index (χ3n) is 11.3. The van der Waals surface area contributed by atoms with Gasteiger partial charge in [0.2, 0.25) is 0 Å². The van der Waals surface area contributed by atoms with E-state index in [9.17, 15) is 0 Å². The Morgan fingerprint density at radius 2 is 0.918 bits per heavy atom. The van der Waals surface area contributed by atoms with Crippen molar-refractivity contribution in [2.45, 2.75) is 6.92 Å². The molecule has 4 heterocycles. The second-order valence-corrected chi connectivity index (χ2v) is 15.2. The predicted molar refractivity (Wildman–Crippen MR) is 249 cm³/mol. The lowest BCUT2D eigenvalue weighted by atomic mass is 9.95. The van der Waals surface area contributed by atoms with Gasteiger partial charge in [-0.05, 0) is 70.0 Å². The van der Waals surface area contributed by atoms with Gasteiger partial charge in [0.15, 0.2) is 17.5 Å². The minimum Gasteiger partial charge on any atom is -0.264 e. The van der Waals surface area contributed by atoms with Crippen molar-refractivity contribution in [3.05, 3.63) is 206 Å². The van der Waals surface area contributed by atoms with Crippen LogP contribution >= 0.6 is 0 Å². The second kappa shape index (κ2) is 15.2. The molecule has 0 saturated carbocycles. The molecule has 0 unspecified atom stereocenters. The number of benzene rings is 7. The molecular weight excluding hydrogens is 745 g/mol. The summed E-state index contributed by atoms with van der Waals surface area (Å²) in [5.41, 5.74) is 14.2. The number of nitrogens with zero attached hydrogens (tertiary/aromatic N) is 6. The van der Waals surface area contributed by atoms with Crippen molar-refractivity contribution in [1.29, 1.82) is 0 Å². The summed E-state index contributed by atoms with van der Waals surface area (Å²) in [4.78, 5) is 29.6. The fourth-order valence-corrected chi connectivity index (χ4v) is 8.16. The monoisotopic (exact) mass is 780 g/mol. The highest BCUT2D eigenvalue weighted by Gasteiger charge is 2.16. The minimum absolute atomic E-state index is 0.613. The Morgan fingerprint density at radius 1 is 0.328 bits per heavy atom. The topological polar surface area (TPSA) is 77.3 Å². The Labute approximate surface area is 353 Å². The van der Waals surface area contributed by atoms with Crippen molar-refractivity contribution in [3.8, 4) is 78.8 Å². The maximum Gasteiger partial charge on any atom is 0.164 e. The van der Waals surface area contributed by atoms with Crippen LogP contribution in [-0.2, 0) is 0 Å². The Morgan fingerprint density at radius 3 is 1.66 bits per heavy atom. The molecule has 61 heavy (non-hydrogen) atoms. The number of aromatic nitrogens is 6. The number of fused-ring (bicyclic) bond motifs is 4. The van der Waals surface area contributed by atoms with Gasteiger partial charge in [-0.25, -0.2) is 19.9 Å². The van der Waals surface area contributed by atoms with Gasteiger partial charge in [0.1, 0.15) is 0 Å². The summed E-state index contributed by atoms with van der Waals surface area (Å²) in [6.45, 7) is 2.03. The van der Waals surface area contributed by atoms with Crippen LogP contribution < -0.4 is 0 Å². The predicted octanol–water partition coefficient (Wildman–Crippen LogP) is 13.5. The average Bonchev–Trinajstić information content (AvgIpc) is 3.34. The third kappa shape index (κ3) is 6.86. The van der Waals surface area contributed by atoms with Gasteiger partial charge in [0.25, 0.3) is 0 Å². The molecule has 0 amide bonds. The van der Waals surface area contributed by atoms with Crippen molar-refractivity contribution in [2.24, 2.45) is 0 Å². The summed E-state index contributed by atoms with van der Waals surface area (Å²) in [6.07, 6.45) is 3.75. The molecule has 0 atom stereocenters. The van der Waals surface area contributed by atoms with E-state index in [1.807, 2.05) is 61.8 Å². The van der Waals surface area contributed by atoms with E-state index in [4.69, 9.17) is 24.9 Å². The summed E-state index contributed by atoms with van der Waals surface area (Å²) in [5.74, 6) is 1.85. The fourth-order valence-electron chi connectivity index (χ4n) is 8.16. The molecule has 0 radical (unpaired) electrons. The second-order valence-electron chi connectivity index (χ2n) is 15.2. The SMILES string of the molecule is Cc1ccc2ccc3c(-c4ccc(-c5ccc(-c6nc(-c7ccccc7)nc(-c7cccc(-c8cccc9ccncc89)c7)n6)cc5)cc4)cc(-c4ccccc4)nc3c2n1. The smallest absolute Gasteiger partial charge is 0.164 e. The van der Waals surface area contributed by atoms with Gasteiger partial charge in [-0.3, -0.25) is 9.97 Å². The first-order valence-electron chi connectivity index (χ1n) is 20.3. The maximum absolute atomic E-state index is 5.19. The van der Waals surface area contributed by atoms with Gasteiger partial charge in [-0.15, -0.1) is 0 Å². The standard InChI is InChI=1S/C55H36N6/c1-35-18-19-41-28-29-47-48(33-50(40-10-4-2-5-11-40)58-52(47)51(41)57-35)39-24-20-36(21-25-39)37-22-26-43(27-23-37)54-59-53(42-12-6-3-7-13-42)60-55(61-54)45-16-8-15-44(32-45)46-17-9-14-38-30-31-56-34-49(38)46/h2-34H,1H3. The molecule has 11 rings (SSSR count). The van der Waals surface area contributed by atoms with E-state index in [1.165, 1.54) is 0 Å². The number of pyridine rings is 3. The lowest BCUT2D eigenvalue weighted by Gasteiger charge is -2.13. The zero-order valence-corrected chi connectivity index (χ0v) is 33.2. The summed E-state index contributed by atoms with van der Waals surface area (Å²) >= 11 is 0. The Kier molecular flexibility index (Phi) is 8.94. The van der Waals surface area contributed by atoms with Crippen molar-refractivity contribution in [1.82, 2.24) is 29.9 Å². The van der Waals surface area contributed by atoms with Crippen molar-refractivity contribution >= 4 is 32.6 Å². The molecule has 0 spiro atoms. The molecule has 0 aliphatic heterocycles. The van der Waals surface area contributed by atoms with Crippen LogP contribution in [-0.4, -0.2) is 29.9 Å². The molecule has 0 fully saturated rings. The molecule has 6 nitrogen and oxygen atoms in total. The van der Waals surface area contributed by atoms with Gasteiger partial charge >= 0.3 is 0 Å². The fraction of sp³-hybridized carbons (Fsp3) is 0.0182. The number of hydrogen-bond donors (Lipinski definition) is 0. The van der Waals surface area contributed by atoms with Crippen molar-refractivity contribution in [2.75, 3.05) is 0 Å². The van der Waals surface area contributed by atoms with Crippen LogP contribution in [0.5, 0.6) is 0 Å². The van der Waals surface area contributed by atoms with Crippen LogP contribution in [0.3, 0.4) is 0 Å². The van der Waals surface area contributed by atoms with Crippen LogP contribution in [0.1, 0.15) is 5.69 Å². The van der Waals surface area contributed by atoms with E-state index >= 15 is 0 Å². The quantitative estimate of drug-likeness (QED) is 0.150. The lowest BCUT2D eigenvalue weighted by molar-refractivity contribution is 1.07. The molecule has 0 aliphatic rings. The minimum atomic E-state index is 0.613. The molecular formula is C55H36N6. The van der Waals surface area contributed by atoms with Crippen molar-refractivity contribution in [3.63, 3.8) is 0 Å². The molecule has 11 aromatic rings. The van der Waals surface area contributed by atoms with Gasteiger partial charge in [-0.2, -0.15) is 0 Å². The zero-order chi connectivity index (χ0) is 40.7. The third-order valence-corrected chi connectivity index (χ3v) is 11.3. The molecule has 7 aromatic carbocycles. The van der Waals surface area contributed by atoms with Crippen LogP contribution in [0.4, 0.5) is 0 Å². The highest BCUT2D eigenvalue weighted by atomic mass is 15.0.